The number of benzene rings is 2. The minimum Gasteiger partial charge on any atom is -0.467 e. The van der Waals surface area contributed by atoms with Crippen LogP contribution in [0, 0.1) is 13.8 Å². The molecule has 0 saturated heterocycles. The summed E-state index contributed by atoms with van der Waals surface area (Å²) in [4.78, 5) is 27.5. The number of rotatable bonds is 5. The average molecular weight is 372 g/mol. The Hall–Kier alpha value is -3.60. The van der Waals surface area contributed by atoms with E-state index in [0.29, 0.717) is 16.9 Å². The van der Waals surface area contributed by atoms with E-state index in [9.17, 15) is 9.59 Å². The van der Waals surface area contributed by atoms with E-state index >= 15 is 0 Å². The van der Waals surface area contributed by atoms with Crippen molar-refractivity contribution in [3.05, 3.63) is 95.1 Å². The van der Waals surface area contributed by atoms with Crippen LogP contribution in [0.4, 0.5) is 5.69 Å². The number of furan rings is 1. The highest BCUT2D eigenvalue weighted by molar-refractivity contribution is 6.36. The first-order valence-electron chi connectivity index (χ1n) is 9.06. The second-order valence-corrected chi connectivity index (χ2v) is 6.89. The topological polar surface area (TPSA) is 62.6 Å². The van der Waals surface area contributed by atoms with Gasteiger partial charge in [-0.2, -0.15) is 0 Å². The standard InChI is InChI=1S/C23H20N2O3/c1-15-11-16(2)13-18(12-15)24-21-20(17-7-4-3-5-8-17)22(26)25(23(21)27)14-19-9-6-10-28-19/h3-13,24H,14H2,1-2H3. The van der Waals surface area contributed by atoms with Gasteiger partial charge in [0.1, 0.15) is 11.5 Å². The van der Waals surface area contributed by atoms with Gasteiger partial charge in [-0.1, -0.05) is 36.4 Å². The molecule has 1 aromatic heterocycles. The van der Waals surface area contributed by atoms with E-state index < -0.39 is 0 Å². The molecule has 2 heterocycles. The molecule has 0 fully saturated rings. The fraction of sp³-hybridized carbons (Fsp3) is 0.130. The van der Waals surface area contributed by atoms with Crippen molar-refractivity contribution in [2.24, 2.45) is 0 Å². The highest BCUT2D eigenvalue weighted by Gasteiger charge is 2.39. The van der Waals surface area contributed by atoms with Gasteiger partial charge in [0.15, 0.2) is 0 Å². The van der Waals surface area contributed by atoms with Gasteiger partial charge in [0.2, 0.25) is 0 Å². The van der Waals surface area contributed by atoms with Crippen LogP contribution in [0.5, 0.6) is 0 Å². The van der Waals surface area contributed by atoms with Crippen LogP contribution in [-0.4, -0.2) is 16.7 Å². The number of imide groups is 1. The van der Waals surface area contributed by atoms with Crippen LogP contribution in [0.2, 0.25) is 0 Å². The summed E-state index contributed by atoms with van der Waals surface area (Å²) in [5.74, 6) is -0.138. The van der Waals surface area contributed by atoms with Crippen molar-refractivity contribution < 1.29 is 14.0 Å². The van der Waals surface area contributed by atoms with Gasteiger partial charge in [0.05, 0.1) is 18.4 Å². The molecule has 1 N–H and O–H groups in total. The van der Waals surface area contributed by atoms with Crippen LogP contribution in [-0.2, 0) is 16.1 Å². The molecular formula is C23H20N2O3. The molecule has 140 valence electrons. The van der Waals surface area contributed by atoms with Crippen molar-refractivity contribution in [1.82, 2.24) is 4.90 Å². The first kappa shape index (κ1) is 17.8. The van der Waals surface area contributed by atoms with E-state index in [1.165, 1.54) is 11.2 Å². The number of nitrogens with zero attached hydrogens (tertiary/aromatic N) is 1. The lowest BCUT2D eigenvalue weighted by molar-refractivity contribution is -0.137. The van der Waals surface area contributed by atoms with E-state index in [1.54, 1.807) is 12.1 Å². The molecule has 0 saturated carbocycles. The molecule has 0 bridgehead atoms. The van der Waals surface area contributed by atoms with Crippen LogP contribution in [0.15, 0.2) is 77.0 Å². The summed E-state index contributed by atoms with van der Waals surface area (Å²) in [6.45, 7) is 4.09. The molecule has 3 aromatic rings. The molecule has 1 aliphatic heterocycles. The fourth-order valence-corrected chi connectivity index (χ4v) is 3.46. The zero-order chi connectivity index (χ0) is 19.7. The van der Waals surface area contributed by atoms with E-state index in [-0.39, 0.29) is 24.1 Å². The zero-order valence-corrected chi connectivity index (χ0v) is 15.7. The third kappa shape index (κ3) is 3.34. The Labute approximate surface area is 163 Å². The van der Waals surface area contributed by atoms with Crippen molar-refractivity contribution in [3.63, 3.8) is 0 Å². The second kappa shape index (κ2) is 7.19. The maximum atomic E-state index is 13.1. The van der Waals surface area contributed by atoms with Crippen molar-refractivity contribution >= 4 is 23.1 Å². The SMILES string of the molecule is Cc1cc(C)cc(NC2=C(c3ccccc3)C(=O)N(Cc3ccco3)C2=O)c1. The van der Waals surface area contributed by atoms with Crippen LogP contribution in [0.25, 0.3) is 5.57 Å². The number of hydrogen-bond acceptors (Lipinski definition) is 4. The molecule has 4 rings (SSSR count). The van der Waals surface area contributed by atoms with E-state index in [2.05, 4.69) is 11.4 Å². The molecule has 2 amide bonds. The molecule has 0 spiro atoms. The van der Waals surface area contributed by atoms with E-state index in [1.807, 2.05) is 56.3 Å². The first-order chi connectivity index (χ1) is 13.5. The summed E-state index contributed by atoms with van der Waals surface area (Å²) in [5, 5.41) is 3.20. The molecule has 0 atom stereocenters. The number of anilines is 1. The highest BCUT2D eigenvalue weighted by atomic mass is 16.3. The zero-order valence-electron chi connectivity index (χ0n) is 15.7. The van der Waals surface area contributed by atoms with Gasteiger partial charge in [-0.3, -0.25) is 14.5 Å². The van der Waals surface area contributed by atoms with Gasteiger partial charge >= 0.3 is 0 Å². The third-order valence-electron chi connectivity index (χ3n) is 4.62. The van der Waals surface area contributed by atoms with E-state index in [4.69, 9.17) is 4.42 Å². The smallest absolute Gasteiger partial charge is 0.278 e. The average Bonchev–Trinajstić information content (AvgIpc) is 3.25. The van der Waals surface area contributed by atoms with Gasteiger partial charge in [-0.25, -0.2) is 0 Å². The molecule has 28 heavy (non-hydrogen) atoms. The molecule has 2 aromatic carbocycles. The third-order valence-corrected chi connectivity index (χ3v) is 4.62. The lowest BCUT2D eigenvalue weighted by Crippen LogP contribution is -2.31. The maximum Gasteiger partial charge on any atom is 0.278 e. The monoisotopic (exact) mass is 372 g/mol. The van der Waals surface area contributed by atoms with Gasteiger partial charge in [-0.15, -0.1) is 0 Å². The summed E-state index contributed by atoms with van der Waals surface area (Å²) < 4.78 is 5.33. The number of amides is 2. The molecule has 0 unspecified atom stereocenters. The van der Waals surface area contributed by atoms with Gasteiger partial charge in [0.25, 0.3) is 11.8 Å². The van der Waals surface area contributed by atoms with Gasteiger partial charge in [-0.05, 0) is 54.8 Å². The molecule has 5 nitrogen and oxygen atoms in total. The predicted octanol–water partition coefficient (Wildman–Crippen LogP) is 4.29. The number of carbonyl (C=O) groups is 2. The molecule has 0 aliphatic carbocycles. The van der Waals surface area contributed by atoms with Gasteiger partial charge < -0.3 is 9.73 Å². The molecular weight excluding hydrogens is 352 g/mol. The number of carbonyl (C=O) groups excluding carboxylic acids is 2. The number of nitrogens with one attached hydrogen (secondary N) is 1. The van der Waals surface area contributed by atoms with E-state index in [0.717, 1.165) is 16.8 Å². The summed E-state index contributed by atoms with van der Waals surface area (Å²) in [6, 6.07) is 18.7. The Balaban J connectivity index is 1.76. The quantitative estimate of drug-likeness (QED) is 0.679. The maximum absolute atomic E-state index is 13.1. The van der Waals surface area contributed by atoms with Crippen molar-refractivity contribution in [2.75, 3.05) is 5.32 Å². The molecule has 5 heteroatoms. The lowest BCUT2D eigenvalue weighted by Gasteiger charge is -2.14. The van der Waals surface area contributed by atoms with Crippen LogP contribution < -0.4 is 5.32 Å². The number of aryl methyl sites for hydroxylation is 2. The predicted molar refractivity (Wildman–Crippen MR) is 107 cm³/mol. The Bertz CT molecular complexity index is 1050. The lowest BCUT2D eigenvalue weighted by atomic mass is 10.0. The molecule has 0 radical (unpaired) electrons. The van der Waals surface area contributed by atoms with Crippen molar-refractivity contribution in [1.29, 1.82) is 0 Å². The second-order valence-electron chi connectivity index (χ2n) is 6.89. The first-order valence-corrected chi connectivity index (χ1v) is 9.06. The Kier molecular flexibility index (Phi) is 4.57. The fourth-order valence-electron chi connectivity index (χ4n) is 3.46. The Morgan fingerprint density at radius 2 is 1.61 bits per heavy atom. The van der Waals surface area contributed by atoms with Crippen LogP contribution in [0.3, 0.4) is 0 Å². The Morgan fingerprint density at radius 1 is 0.893 bits per heavy atom. The van der Waals surface area contributed by atoms with Crippen LogP contribution in [0.1, 0.15) is 22.5 Å². The highest BCUT2D eigenvalue weighted by Crippen LogP contribution is 2.31. The summed E-state index contributed by atoms with van der Waals surface area (Å²) in [5.41, 5.74) is 4.29. The summed E-state index contributed by atoms with van der Waals surface area (Å²) >= 11 is 0. The minimum atomic E-state index is -0.362. The molecule has 1 aliphatic rings. The van der Waals surface area contributed by atoms with Crippen molar-refractivity contribution in [3.8, 4) is 0 Å². The normalized spacial score (nSPS) is 14.1. The number of hydrogen-bond donors (Lipinski definition) is 1. The summed E-state index contributed by atoms with van der Waals surface area (Å²) in [6.07, 6.45) is 1.53. The summed E-state index contributed by atoms with van der Waals surface area (Å²) in [7, 11) is 0. The Morgan fingerprint density at radius 3 is 2.25 bits per heavy atom. The largest absolute Gasteiger partial charge is 0.467 e. The minimum absolute atomic E-state index is 0.0963. The van der Waals surface area contributed by atoms with Crippen LogP contribution >= 0.6 is 0 Å². The van der Waals surface area contributed by atoms with Gasteiger partial charge in [0, 0.05) is 5.69 Å². The van der Waals surface area contributed by atoms with Crippen molar-refractivity contribution in [2.45, 2.75) is 20.4 Å².